The van der Waals surface area contributed by atoms with E-state index in [2.05, 4.69) is 12.6 Å². The molecule has 7 nitrogen and oxygen atoms in total. The Balaban J connectivity index is 1.60. The minimum atomic E-state index is -0.531. The second kappa shape index (κ2) is 9.84. The third-order valence-electron chi connectivity index (χ3n) is 5.29. The van der Waals surface area contributed by atoms with Gasteiger partial charge in [0, 0.05) is 11.6 Å². The van der Waals surface area contributed by atoms with E-state index in [0.29, 0.717) is 35.0 Å². The van der Waals surface area contributed by atoms with Gasteiger partial charge in [-0.15, -0.1) is 0 Å². The van der Waals surface area contributed by atoms with E-state index in [-0.39, 0.29) is 11.6 Å². The summed E-state index contributed by atoms with van der Waals surface area (Å²) in [4.78, 5) is 12.6. The summed E-state index contributed by atoms with van der Waals surface area (Å²) in [7, 11) is 1.58. The van der Waals surface area contributed by atoms with Gasteiger partial charge >= 0.3 is 5.97 Å². The van der Waals surface area contributed by atoms with Crippen LogP contribution in [0.3, 0.4) is 0 Å². The molecule has 0 saturated carbocycles. The molecular formula is C27H22N2O5. The van der Waals surface area contributed by atoms with Crippen molar-refractivity contribution in [3.63, 3.8) is 0 Å². The van der Waals surface area contributed by atoms with Crippen molar-refractivity contribution in [2.24, 2.45) is 5.73 Å². The Morgan fingerprint density at radius 3 is 2.59 bits per heavy atom. The van der Waals surface area contributed by atoms with Crippen molar-refractivity contribution in [3.8, 4) is 29.1 Å². The lowest BCUT2D eigenvalue weighted by atomic mass is 9.83. The maximum atomic E-state index is 12.6. The molecule has 7 heteroatoms. The SMILES string of the molecule is C=CCOc1ccc(C(=O)Oc2ccc3c(c2)OC(N)=C(C#N)C3c2cccc(OC)c2)cc1. The normalized spacial score (nSPS) is 14.3. The highest BCUT2D eigenvalue weighted by atomic mass is 16.5. The van der Waals surface area contributed by atoms with E-state index in [4.69, 9.17) is 24.7 Å². The molecule has 1 heterocycles. The van der Waals surface area contributed by atoms with E-state index in [0.717, 1.165) is 11.1 Å². The van der Waals surface area contributed by atoms with E-state index < -0.39 is 11.9 Å². The van der Waals surface area contributed by atoms with Crippen LogP contribution in [0, 0.1) is 11.3 Å². The summed E-state index contributed by atoms with van der Waals surface area (Å²) in [6.07, 6.45) is 1.64. The number of fused-ring (bicyclic) bond motifs is 1. The topological polar surface area (TPSA) is 104 Å². The largest absolute Gasteiger partial charge is 0.497 e. The number of hydrogen-bond donors (Lipinski definition) is 1. The molecule has 0 radical (unpaired) electrons. The van der Waals surface area contributed by atoms with Crippen LogP contribution in [0.4, 0.5) is 0 Å². The van der Waals surface area contributed by atoms with Gasteiger partial charge in [-0.3, -0.25) is 0 Å². The third kappa shape index (κ3) is 4.57. The molecule has 1 aliphatic heterocycles. The molecule has 3 aromatic carbocycles. The second-order valence-electron chi connectivity index (χ2n) is 7.41. The van der Waals surface area contributed by atoms with Gasteiger partial charge in [0.1, 0.15) is 41.2 Å². The van der Waals surface area contributed by atoms with Crippen LogP contribution in [0.1, 0.15) is 27.4 Å². The van der Waals surface area contributed by atoms with Crippen LogP contribution in [-0.4, -0.2) is 19.7 Å². The second-order valence-corrected chi connectivity index (χ2v) is 7.41. The first kappa shape index (κ1) is 22.5. The van der Waals surface area contributed by atoms with Crippen LogP contribution >= 0.6 is 0 Å². The first-order valence-electron chi connectivity index (χ1n) is 10.5. The smallest absolute Gasteiger partial charge is 0.343 e. The first-order chi connectivity index (χ1) is 16.5. The minimum Gasteiger partial charge on any atom is -0.497 e. The molecular weight excluding hydrogens is 432 g/mol. The van der Waals surface area contributed by atoms with Gasteiger partial charge < -0.3 is 24.7 Å². The van der Waals surface area contributed by atoms with Crippen molar-refractivity contribution in [2.45, 2.75) is 5.92 Å². The number of hydrogen-bond acceptors (Lipinski definition) is 7. The van der Waals surface area contributed by atoms with Crippen LogP contribution < -0.4 is 24.7 Å². The number of carbonyl (C=O) groups is 1. The van der Waals surface area contributed by atoms with Crippen LogP contribution in [0.15, 0.2) is 90.8 Å². The molecule has 170 valence electrons. The molecule has 1 unspecified atom stereocenters. The van der Waals surface area contributed by atoms with Gasteiger partial charge in [-0.05, 0) is 48.0 Å². The standard InChI is InChI=1S/C27H22N2O5/c1-3-13-32-19-9-7-17(8-10-19)27(30)33-21-11-12-22-24(15-21)34-26(29)23(16-28)25(22)18-5-4-6-20(14-18)31-2/h3-12,14-15,25H,1,13,29H2,2H3. The van der Waals surface area contributed by atoms with Crippen molar-refractivity contribution < 1.29 is 23.7 Å². The number of nitriles is 1. The number of ether oxygens (including phenoxy) is 4. The summed E-state index contributed by atoms with van der Waals surface area (Å²) < 4.78 is 22.0. The van der Waals surface area contributed by atoms with Crippen molar-refractivity contribution >= 4 is 5.97 Å². The van der Waals surface area contributed by atoms with Crippen LogP contribution in [0.5, 0.6) is 23.0 Å². The molecule has 1 atom stereocenters. The first-order valence-corrected chi connectivity index (χ1v) is 10.5. The molecule has 4 rings (SSSR count). The summed E-state index contributed by atoms with van der Waals surface area (Å²) >= 11 is 0. The molecule has 0 saturated heterocycles. The van der Waals surface area contributed by atoms with Crippen molar-refractivity contribution in [2.75, 3.05) is 13.7 Å². The van der Waals surface area contributed by atoms with Crippen LogP contribution in [0.2, 0.25) is 0 Å². The lowest BCUT2D eigenvalue weighted by Gasteiger charge is -2.27. The fraction of sp³-hybridized carbons (Fsp3) is 0.111. The fourth-order valence-electron chi connectivity index (χ4n) is 3.67. The molecule has 0 aliphatic carbocycles. The van der Waals surface area contributed by atoms with E-state index >= 15 is 0 Å². The van der Waals surface area contributed by atoms with E-state index in [1.165, 1.54) is 0 Å². The molecule has 34 heavy (non-hydrogen) atoms. The maximum absolute atomic E-state index is 12.6. The van der Waals surface area contributed by atoms with Gasteiger partial charge in [-0.2, -0.15) is 5.26 Å². The number of allylic oxidation sites excluding steroid dienone is 1. The zero-order chi connectivity index (χ0) is 24.1. The zero-order valence-electron chi connectivity index (χ0n) is 18.5. The molecule has 0 amide bonds. The Hall–Kier alpha value is -4.70. The molecule has 1 aliphatic rings. The highest BCUT2D eigenvalue weighted by Gasteiger charge is 2.31. The average Bonchev–Trinajstić information content (AvgIpc) is 2.86. The lowest BCUT2D eigenvalue weighted by Crippen LogP contribution is -2.21. The van der Waals surface area contributed by atoms with Gasteiger partial charge in [0.05, 0.1) is 18.6 Å². The highest BCUT2D eigenvalue weighted by Crippen LogP contribution is 2.44. The van der Waals surface area contributed by atoms with Crippen molar-refractivity contribution in [1.29, 1.82) is 5.26 Å². The van der Waals surface area contributed by atoms with Crippen molar-refractivity contribution in [3.05, 3.63) is 108 Å². The Labute approximate surface area is 197 Å². The molecule has 0 spiro atoms. The quantitative estimate of drug-likeness (QED) is 0.314. The predicted molar refractivity (Wildman–Crippen MR) is 126 cm³/mol. The molecule has 3 aromatic rings. The zero-order valence-corrected chi connectivity index (χ0v) is 18.5. The number of nitrogens with two attached hydrogens (primary N) is 1. The van der Waals surface area contributed by atoms with Gasteiger partial charge in [-0.25, -0.2) is 4.79 Å². The maximum Gasteiger partial charge on any atom is 0.343 e. The van der Waals surface area contributed by atoms with E-state index in [9.17, 15) is 10.1 Å². The summed E-state index contributed by atoms with van der Waals surface area (Å²) in [5.74, 6) is 0.997. The number of rotatable bonds is 7. The number of carbonyl (C=O) groups excluding carboxylic acids is 1. The molecule has 0 aromatic heterocycles. The van der Waals surface area contributed by atoms with Gasteiger partial charge in [-0.1, -0.05) is 30.9 Å². The average molecular weight is 454 g/mol. The summed E-state index contributed by atoms with van der Waals surface area (Å²) in [6, 6.07) is 21.2. The number of benzene rings is 3. The summed E-state index contributed by atoms with van der Waals surface area (Å²) in [6.45, 7) is 3.98. The molecule has 2 N–H and O–H groups in total. The summed E-state index contributed by atoms with van der Waals surface area (Å²) in [5, 5.41) is 9.73. The van der Waals surface area contributed by atoms with Gasteiger partial charge in [0.25, 0.3) is 0 Å². The number of nitrogens with zero attached hydrogens (tertiary/aromatic N) is 1. The minimum absolute atomic E-state index is 0.00130. The Morgan fingerprint density at radius 1 is 1.12 bits per heavy atom. The predicted octanol–water partition coefficient (Wildman–Crippen LogP) is 4.70. The number of methoxy groups -OCH3 is 1. The van der Waals surface area contributed by atoms with Crippen LogP contribution in [0.25, 0.3) is 0 Å². The number of esters is 1. The monoisotopic (exact) mass is 454 g/mol. The van der Waals surface area contributed by atoms with Gasteiger partial charge in [0.15, 0.2) is 0 Å². The Kier molecular flexibility index (Phi) is 6.51. The van der Waals surface area contributed by atoms with Gasteiger partial charge in [0.2, 0.25) is 5.88 Å². The van der Waals surface area contributed by atoms with E-state index in [1.807, 2.05) is 24.3 Å². The lowest BCUT2D eigenvalue weighted by molar-refractivity contribution is 0.0734. The Bertz CT molecular complexity index is 1310. The highest BCUT2D eigenvalue weighted by molar-refractivity contribution is 5.91. The summed E-state index contributed by atoms with van der Waals surface area (Å²) in [5.41, 5.74) is 8.28. The van der Waals surface area contributed by atoms with E-state index in [1.54, 1.807) is 55.7 Å². The molecule has 0 fully saturated rings. The fourth-order valence-corrected chi connectivity index (χ4v) is 3.67. The third-order valence-corrected chi connectivity index (χ3v) is 5.29. The molecule has 0 bridgehead atoms. The Morgan fingerprint density at radius 2 is 1.88 bits per heavy atom. The van der Waals surface area contributed by atoms with Crippen LogP contribution in [-0.2, 0) is 0 Å². The van der Waals surface area contributed by atoms with Crippen molar-refractivity contribution in [1.82, 2.24) is 0 Å².